The minimum Gasteiger partial charge on any atom is -0.334 e. The summed E-state index contributed by atoms with van der Waals surface area (Å²) < 4.78 is 5.09. The van der Waals surface area contributed by atoms with Gasteiger partial charge in [0.25, 0.3) is 5.89 Å². The SMILES string of the molecule is [C-]#[N+]c1cc(-c2nc(C)no2)ccc1CCC. The van der Waals surface area contributed by atoms with Gasteiger partial charge in [0.05, 0.1) is 6.57 Å². The van der Waals surface area contributed by atoms with Crippen LogP contribution in [0.25, 0.3) is 16.3 Å². The van der Waals surface area contributed by atoms with Crippen molar-refractivity contribution in [3.63, 3.8) is 0 Å². The van der Waals surface area contributed by atoms with E-state index < -0.39 is 0 Å². The number of aromatic nitrogens is 2. The van der Waals surface area contributed by atoms with E-state index in [-0.39, 0.29) is 0 Å². The van der Waals surface area contributed by atoms with Crippen LogP contribution >= 0.6 is 0 Å². The van der Waals surface area contributed by atoms with Gasteiger partial charge in [0.15, 0.2) is 11.5 Å². The van der Waals surface area contributed by atoms with Crippen molar-refractivity contribution < 1.29 is 4.52 Å². The molecule has 0 amide bonds. The number of hydrogen-bond donors (Lipinski definition) is 0. The van der Waals surface area contributed by atoms with Crippen LogP contribution in [0.4, 0.5) is 5.69 Å². The molecule has 86 valence electrons. The summed E-state index contributed by atoms with van der Waals surface area (Å²) in [5, 5.41) is 3.74. The van der Waals surface area contributed by atoms with E-state index in [1.54, 1.807) is 6.92 Å². The van der Waals surface area contributed by atoms with Crippen LogP contribution < -0.4 is 0 Å². The Hall–Kier alpha value is -2.15. The van der Waals surface area contributed by atoms with Gasteiger partial charge in [-0.3, -0.25) is 0 Å². The van der Waals surface area contributed by atoms with Crippen LogP contribution in [0.15, 0.2) is 22.7 Å². The fraction of sp³-hybridized carbons (Fsp3) is 0.308. The van der Waals surface area contributed by atoms with Crippen LogP contribution in [-0.2, 0) is 6.42 Å². The number of rotatable bonds is 3. The molecule has 2 rings (SSSR count). The maximum Gasteiger partial charge on any atom is 0.256 e. The molecule has 0 aliphatic carbocycles. The van der Waals surface area contributed by atoms with Crippen molar-refractivity contribution in [2.45, 2.75) is 26.7 Å². The zero-order valence-corrected chi connectivity index (χ0v) is 9.90. The van der Waals surface area contributed by atoms with Gasteiger partial charge in [-0.1, -0.05) is 30.6 Å². The monoisotopic (exact) mass is 227 g/mol. The fourth-order valence-corrected chi connectivity index (χ4v) is 1.70. The maximum absolute atomic E-state index is 7.19. The fourth-order valence-electron chi connectivity index (χ4n) is 1.70. The van der Waals surface area contributed by atoms with E-state index in [9.17, 15) is 0 Å². The van der Waals surface area contributed by atoms with Gasteiger partial charge < -0.3 is 4.52 Å². The Balaban J connectivity index is 2.42. The second-order valence-corrected chi connectivity index (χ2v) is 3.85. The molecule has 0 aliphatic rings. The topological polar surface area (TPSA) is 43.3 Å². The highest BCUT2D eigenvalue weighted by Crippen LogP contribution is 2.27. The lowest BCUT2D eigenvalue weighted by molar-refractivity contribution is 0.425. The van der Waals surface area contributed by atoms with Crippen molar-refractivity contribution in [2.75, 3.05) is 0 Å². The first-order valence-electron chi connectivity index (χ1n) is 5.55. The first-order chi connectivity index (χ1) is 8.24. The molecule has 0 atom stereocenters. The Bertz CT molecular complexity index is 566. The van der Waals surface area contributed by atoms with Gasteiger partial charge in [-0.2, -0.15) is 4.98 Å². The van der Waals surface area contributed by atoms with Crippen molar-refractivity contribution in [1.29, 1.82) is 0 Å². The van der Waals surface area contributed by atoms with Crippen molar-refractivity contribution in [3.05, 3.63) is 41.0 Å². The molecule has 0 bridgehead atoms. The Morgan fingerprint density at radius 1 is 1.41 bits per heavy atom. The molecule has 1 aromatic carbocycles. The quantitative estimate of drug-likeness (QED) is 0.753. The summed E-state index contributed by atoms with van der Waals surface area (Å²) >= 11 is 0. The first kappa shape index (κ1) is 11.3. The molecule has 0 N–H and O–H groups in total. The Morgan fingerprint density at radius 2 is 2.24 bits per heavy atom. The number of benzene rings is 1. The number of nitrogens with zero attached hydrogens (tertiary/aromatic N) is 3. The van der Waals surface area contributed by atoms with E-state index in [1.165, 1.54) is 0 Å². The Morgan fingerprint density at radius 3 is 2.82 bits per heavy atom. The van der Waals surface area contributed by atoms with Crippen LogP contribution in [0, 0.1) is 13.5 Å². The van der Waals surface area contributed by atoms with E-state index in [0.717, 1.165) is 24.0 Å². The van der Waals surface area contributed by atoms with E-state index in [0.29, 0.717) is 17.4 Å². The molecule has 1 aromatic heterocycles. The van der Waals surface area contributed by atoms with Crippen LogP contribution in [0.2, 0.25) is 0 Å². The van der Waals surface area contributed by atoms with Crippen LogP contribution in [0.5, 0.6) is 0 Å². The molecule has 1 heterocycles. The summed E-state index contributed by atoms with van der Waals surface area (Å²) in [7, 11) is 0. The molecule has 0 aliphatic heterocycles. The normalized spacial score (nSPS) is 10.2. The van der Waals surface area contributed by atoms with E-state index in [1.807, 2.05) is 18.2 Å². The minimum absolute atomic E-state index is 0.468. The maximum atomic E-state index is 7.19. The molecule has 4 nitrogen and oxygen atoms in total. The number of aryl methyl sites for hydroxylation is 2. The largest absolute Gasteiger partial charge is 0.334 e. The lowest BCUT2D eigenvalue weighted by Gasteiger charge is -2.03. The van der Waals surface area contributed by atoms with Crippen molar-refractivity contribution in [3.8, 4) is 11.5 Å². The van der Waals surface area contributed by atoms with E-state index >= 15 is 0 Å². The minimum atomic E-state index is 0.468. The van der Waals surface area contributed by atoms with Crippen molar-refractivity contribution in [1.82, 2.24) is 10.1 Å². The Labute approximate surface area is 100 Å². The summed E-state index contributed by atoms with van der Waals surface area (Å²) in [6, 6.07) is 5.70. The van der Waals surface area contributed by atoms with Gasteiger partial charge >= 0.3 is 0 Å². The molecule has 0 saturated carbocycles. The Kier molecular flexibility index (Phi) is 3.20. The first-order valence-corrected chi connectivity index (χ1v) is 5.55. The van der Waals surface area contributed by atoms with Gasteiger partial charge in [-0.25, -0.2) is 4.85 Å². The standard InChI is InChI=1S/C13H13N3O/c1-4-5-10-6-7-11(8-12(10)14-3)13-15-9(2)16-17-13/h6-8H,4-5H2,1-2H3. The molecule has 0 saturated heterocycles. The average molecular weight is 227 g/mol. The second-order valence-electron chi connectivity index (χ2n) is 3.85. The highest BCUT2D eigenvalue weighted by atomic mass is 16.5. The third kappa shape index (κ3) is 2.34. The van der Waals surface area contributed by atoms with Crippen molar-refractivity contribution in [2.24, 2.45) is 0 Å². The molecule has 2 aromatic rings. The molecule has 0 unspecified atom stereocenters. The summed E-state index contributed by atoms with van der Waals surface area (Å²) in [5.74, 6) is 1.07. The molecule has 0 radical (unpaired) electrons. The van der Waals surface area contributed by atoms with E-state index in [2.05, 4.69) is 21.9 Å². The zero-order chi connectivity index (χ0) is 12.3. The van der Waals surface area contributed by atoms with Gasteiger partial charge in [0, 0.05) is 5.56 Å². The van der Waals surface area contributed by atoms with Gasteiger partial charge in [0.1, 0.15) is 0 Å². The summed E-state index contributed by atoms with van der Waals surface area (Å²) in [5.41, 5.74) is 2.54. The molecule has 4 heteroatoms. The molecule has 0 spiro atoms. The summed E-state index contributed by atoms with van der Waals surface area (Å²) in [6.07, 6.45) is 1.95. The van der Waals surface area contributed by atoms with Gasteiger partial charge in [0.2, 0.25) is 0 Å². The lowest BCUT2D eigenvalue weighted by atomic mass is 10.1. The third-order valence-corrected chi connectivity index (χ3v) is 2.50. The van der Waals surface area contributed by atoms with Crippen LogP contribution in [-0.4, -0.2) is 10.1 Å². The van der Waals surface area contributed by atoms with Crippen molar-refractivity contribution >= 4 is 5.69 Å². The lowest BCUT2D eigenvalue weighted by Crippen LogP contribution is -1.85. The van der Waals surface area contributed by atoms with Gasteiger partial charge in [-0.05, 0) is 25.0 Å². The number of hydrogen-bond acceptors (Lipinski definition) is 3. The highest BCUT2D eigenvalue weighted by Gasteiger charge is 2.09. The summed E-state index contributed by atoms with van der Waals surface area (Å²) in [4.78, 5) is 7.69. The average Bonchev–Trinajstić information content (AvgIpc) is 2.77. The molecule has 0 fully saturated rings. The third-order valence-electron chi connectivity index (χ3n) is 2.50. The predicted molar refractivity (Wildman–Crippen MR) is 64.7 cm³/mol. The van der Waals surface area contributed by atoms with Crippen LogP contribution in [0.1, 0.15) is 24.7 Å². The zero-order valence-electron chi connectivity index (χ0n) is 9.90. The van der Waals surface area contributed by atoms with E-state index in [4.69, 9.17) is 11.1 Å². The second kappa shape index (κ2) is 4.79. The summed E-state index contributed by atoms with van der Waals surface area (Å²) in [6.45, 7) is 11.1. The molecular formula is C13H13N3O. The van der Waals surface area contributed by atoms with Crippen LogP contribution in [0.3, 0.4) is 0 Å². The predicted octanol–water partition coefficient (Wildman–Crippen LogP) is 3.55. The van der Waals surface area contributed by atoms with Gasteiger partial charge in [-0.15, -0.1) is 0 Å². The molecule has 17 heavy (non-hydrogen) atoms. The highest BCUT2D eigenvalue weighted by molar-refractivity contribution is 5.65. The molecular weight excluding hydrogens is 214 g/mol. The smallest absolute Gasteiger partial charge is 0.256 e.